The van der Waals surface area contributed by atoms with Crippen LogP contribution in [0.4, 0.5) is 0 Å². The Balaban J connectivity index is 1.65. The molecule has 3 rings (SSSR count). The van der Waals surface area contributed by atoms with E-state index >= 15 is 0 Å². The van der Waals surface area contributed by atoms with Crippen LogP contribution in [0.25, 0.3) is 11.4 Å². The van der Waals surface area contributed by atoms with E-state index in [4.69, 9.17) is 4.74 Å². The first-order valence-electron chi connectivity index (χ1n) is 8.51. The summed E-state index contributed by atoms with van der Waals surface area (Å²) in [5.41, 5.74) is 2.48. The summed E-state index contributed by atoms with van der Waals surface area (Å²) in [5.74, 6) is 1.17. The molecular formula is C19H22N6O2. The third-order valence-electron chi connectivity index (χ3n) is 4.33. The van der Waals surface area contributed by atoms with Gasteiger partial charge in [-0.15, -0.1) is 10.2 Å². The fourth-order valence-corrected chi connectivity index (χ4v) is 2.77. The average molecular weight is 366 g/mol. The molecule has 0 fully saturated rings. The molecule has 0 unspecified atom stereocenters. The molecule has 3 aromatic rings. The van der Waals surface area contributed by atoms with Crippen molar-refractivity contribution in [3.8, 4) is 17.1 Å². The molecule has 0 saturated heterocycles. The van der Waals surface area contributed by atoms with Crippen molar-refractivity contribution in [3.63, 3.8) is 0 Å². The quantitative estimate of drug-likeness (QED) is 0.663. The highest BCUT2D eigenvalue weighted by Crippen LogP contribution is 2.21. The SMILES string of the molecule is COc1ccc([C@H](CNC(=O)c2ccc(-c3nn[nH]n3)cc2)N(C)C)cc1. The molecule has 0 spiro atoms. The number of nitrogens with one attached hydrogen (secondary N) is 2. The number of hydrogen-bond donors (Lipinski definition) is 2. The second kappa shape index (κ2) is 8.41. The minimum absolute atomic E-state index is 0.0541. The van der Waals surface area contributed by atoms with Crippen molar-refractivity contribution in [2.45, 2.75) is 6.04 Å². The van der Waals surface area contributed by atoms with Crippen molar-refractivity contribution >= 4 is 5.91 Å². The summed E-state index contributed by atoms with van der Waals surface area (Å²) in [6.45, 7) is 0.491. The summed E-state index contributed by atoms with van der Waals surface area (Å²) in [5, 5.41) is 16.8. The molecular weight excluding hydrogens is 344 g/mol. The summed E-state index contributed by atoms with van der Waals surface area (Å²) < 4.78 is 5.20. The zero-order valence-corrected chi connectivity index (χ0v) is 15.5. The van der Waals surface area contributed by atoms with E-state index in [0.717, 1.165) is 16.9 Å². The van der Waals surface area contributed by atoms with Gasteiger partial charge >= 0.3 is 0 Å². The number of carbonyl (C=O) groups is 1. The number of aromatic amines is 1. The number of aromatic nitrogens is 4. The first kappa shape index (κ1) is 18.5. The van der Waals surface area contributed by atoms with Gasteiger partial charge in [0.25, 0.3) is 5.91 Å². The van der Waals surface area contributed by atoms with Crippen molar-refractivity contribution in [3.05, 3.63) is 59.7 Å². The molecule has 0 aliphatic heterocycles. The van der Waals surface area contributed by atoms with Gasteiger partial charge in [-0.05, 0) is 49.1 Å². The van der Waals surface area contributed by atoms with Crippen molar-refractivity contribution in [2.24, 2.45) is 0 Å². The van der Waals surface area contributed by atoms with Gasteiger partial charge in [0.2, 0.25) is 5.82 Å². The van der Waals surface area contributed by atoms with E-state index in [-0.39, 0.29) is 11.9 Å². The molecule has 0 saturated carbocycles. The Hall–Kier alpha value is -3.26. The Morgan fingerprint density at radius 3 is 2.41 bits per heavy atom. The van der Waals surface area contributed by atoms with Crippen LogP contribution >= 0.6 is 0 Å². The molecule has 8 heteroatoms. The summed E-state index contributed by atoms with van der Waals surface area (Å²) in [4.78, 5) is 14.6. The highest BCUT2D eigenvalue weighted by Gasteiger charge is 2.16. The van der Waals surface area contributed by atoms with Crippen molar-refractivity contribution in [1.29, 1.82) is 0 Å². The van der Waals surface area contributed by atoms with Crippen LogP contribution < -0.4 is 10.1 Å². The summed E-state index contributed by atoms with van der Waals surface area (Å²) in [6.07, 6.45) is 0. The minimum Gasteiger partial charge on any atom is -0.497 e. The van der Waals surface area contributed by atoms with E-state index in [2.05, 4.69) is 30.8 Å². The first-order valence-corrected chi connectivity index (χ1v) is 8.51. The van der Waals surface area contributed by atoms with E-state index in [1.54, 1.807) is 31.4 Å². The maximum Gasteiger partial charge on any atom is 0.251 e. The first-order chi connectivity index (χ1) is 13.1. The largest absolute Gasteiger partial charge is 0.497 e. The van der Waals surface area contributed by atoms with Gasteiger partial charge in [-0.2, -0.15) is 5.21 Å². The molecule has 1 amide bonds. The summed E-state index contributed by atoms with van der Waals surface area (Å²) >= 11 is 0. The number of tetrazole rings is 1. The number of benzene rings is 2. The Bertz CT molecular complexity index is 860. The van der Waals surface area contributed by atoms with Crippen LogP contribution in [0.5, 0.6) is 5.75 Å². The van der Waals surface area contributed by atoms with E-state index < -0.39 is 0 Å². The third-order valence-corrected chi connectivity index (χ3v) is 4.33. The molecule has 0 bridgehead atoms. The van der Waals surface area contributed by atoms with Gasteiger partial charge < -0.3 is 15.0 Å². The lowest BCUT2D eigenvalue weighted by atomic mass is 10.1. The maximum atomic E-state index is 12.5. The molecule has 0 aliphatic rings. The zero-order chi connectivity index (χ0) is 19.2. The normalized spacial score (nSPS) is 12.0. The number of carbonyl (C=O) groups excluding carboxylic acids is 1. The predicted octanol–water partition coefficient (Wildman–Crippen LogP) is 1.91. The molecule has 2 N–H and O–H groups in total. The maximum absolute atomic E-state index is 12.5. The van der Waals surface area contributed by atoms with Gasteiger partial charge in [0, 0.05) is 17.7 Å². The number of likely N-dealkylation sites (N-methyl/N-ethyl adjacent to an activating group) is 1. The zero-order valence-electron chi connectivity index (χ0n) is 15.5. The molecule has 1 aromatic heterocycles. The predicted molar refractivity (Wildman–Crippen MR) is 101 cm³/mol. The van der Waals surface area contributed by atoms with Gasteiger partial charge in [0.1, 0.15) is 5.75 Å². The summed E-state index contributed by atoms with van der Waals surface area (Å²) in [7, 11) is 5.62. The number of amides is 1. The second-order valence-electron chi connectivity index (χ2n) is 6.28. The van der Waals surface area contributed by atoms with Gasteiger partial charge in [0.15, 0.2) is 0 Å². The fourth-order valence-electron chi connectivity index (χ4n) is 2.77. The van der Waals surface area contributed by atoms with Gasteiger partial charge in [-0.25, -0.2) is 0 Å². The van der Waals surface area contributed by atoms with Gasteiger partial charge in [-0.3, -0.25) is 4.79 Å². The van der Waals surface area contributed by atoms with Crippen LogP contribution in [0, 0.1) is 0 Å². The van der Waals surface area contributed by atoms with E-state index in [1.807, 2.05) is 38.4 Å². The molecule has 2 aromatic carbocycles. The number of ether oxygens (including phenoxy) is 1. The lowest BCUT2D eigenvalue weighted by Crippen LogP contribution is -2.34. The molecule has 0 radical (unpaired) electrons. The third kappa shape index (κ3) is 4.48. The van der Waals surface area contributed by atoms with Crippen LogP contribution in [0.3, 0.4) is 0 Å². The van der Waals surface area contributed by atoms with E-state index in [9.17, 15) is 4.79 Å². The number of methoxy groups -OCH3 is 1. The average Bonchev–Trinajstić information content (AvgIpc) is 3.23. The molecule has 0 aliphatic carbocycles. The number of rotatable bonds is 7. The lowest BCUT2D eigenvalue weighted by Gasteiger charge is -2.25. The van der Waals surface area contributed by atoms with Gasteiger partial charge in [-0.1, -0.05) is 24.3 Å². The smallest absolute Gasteiger partial charge is 0.251 e. The highest BCUT2D eigenvalue weighted by atomic mass is 16.5. The minimum atomic E-state index is -0.130. The topological polar surface area (TPSA) is 96.0 Å². The van der Waals surface area contributed by atoms with E-state index in [1.165, 1.54) is 0 Å². The van der Waals surface area contributed by atoms with Crippen molar-refractivity contribution in [1.82, 2.24) is 30.8 Å². The molecule has 1 atom stereocenters. The number of nitrogens with zero attached hydrogens (tertiary/aromatic N) is 4. The van der Waals surface area contributed by atoms with Crippen LogP contribution in [-0.4, -0.2) is 59.2 Å². The van der Waals surface area contributed by atoms with Crippen LogP contribution in [-0.2, 0) is 0 Å². The van der Waals surface area contributed by atoms with Gasteiger partial charge in [0.05, 0.1) is 13.2 Å². The molecule has 1 heterocycles. The number of H-pyrrole nitrogens is 1. The fraction of sp³-hybridized carbons (Fsp3) is 0.263. The Morgan fingerprint density at radius 2 is 1.85 bits per heavy atom. The van der Waals surface area contributed by atoms with Crippen LogP contribution in [0.15, 0.2) is 48.5 Å². The Kier molecular flexibility index (Phi) is 5.77. The molecule has 8 nitrogen and oxygen atoms in total. The molecule has 140 valence electrons. The number of hydrogen-bond acceptors (Lipinski definition) is 6. The van der Waals surface area contributed by atoms with Crippen molar-refractivity contribution < 1.29 is 9.53 Å². The standard InChI is InChI=1S/C19H22N6O2/c1-25(2)17(13-8-10-16(27-3)11-9-13)12-20-19(26)15-6-4-14(5-7-15)18-21-23-24-22-18/h4-11,17H,12H2,1-3H3,(H,20,26)(H,21,22,23,24)/t17-/m0/s1. The molecule has 27 heavy (non-hydrogen) atoms. The Morgan fingerprint density at radius 1 is 1.15 bits per heavy atom. The highest BCUT2D eigenvalue weighted by molar-refractivity contribution is 5.94. The monoisotopic (exact) mass is 366 g/mol. The van der Waals surface area contributed by atoms with Crippen LogP contribution in [0.2, 0.25) is 0 Å². The summed E-state index contributed by atoms with van der Waals surface area (Å²) in [6, 6.07) is 15.0. The Labute approximate surface area is 157 Å². The second-order valence-corrected chi connectivity index (χ2v) is 6.28. The lowest BCUT2D eigenvalue weighted by molar-refractivity contribution is 0.0942. The van der Waals surface area contributed by atoms with Crippen LogP contribution in [0.1, 0.15) is 22.0 Å². The van der Waals surface area contributed by atoms with E-state index in [0.29, 0.717) is 17.9 Å². The van der Waals surface area contributed by atoms with Crippen molar-refractivity contribution in [2.75, 3.05) is 27.7 Å².